The Morgan fingerprint density at radius 3 is 2.63 bits per heavy atom. The molecule has 0 spiro atoms. The monoisotopic (exact) mass is 473 g/mol. The molecule has 182 valence electrons. The third-order valence-corrected chi connectivity index (χ3v) is 7.45. The number of nitrogens with one attached hydrogen (secondary N) is 1. The Labute approximate surface area is 204 Å². The molecule has 10 heteroatoms. The number of hydrogen-bond donors (Lipinski definition) is 1. The van der Waals surface area contributed by atoms with Crippen LogP contribution in [0, 0.1) is 12.8 Å². The van der Waals surface area contributed by atoms with Crippen molar-refractivity contribution in [2.24, 2.45) is 5.92 Å². The zero-order valence-electron chi connectivity index (χ0n) is 20.2. The van der Waals surface area contributed by atoms with Gasteiger partial charge in [0, 0.05) is 57.0 Å². The molecule has 3 aromatic rings. The van der Waals surface area contributed by atoms with Gasteiger partial charge in [0.05, 0.1) is 18.3 Å². The third-order valence-electron chi connectivity index (χ3n) is 7.45. The lowest BCUT2D eigenvalue weighted by Gasteiger charge is -2.37. The predicted octanol–water partition coefficient (Wildman–Crippen LogP) is 2.13. The zero-order valence-corrected chi connectivity index (χ0v) is 20.2. The molecule has 6 rings (SSSR count). The Bertz CT molecular complexity index is 1260. The normalized spacial score (nSPS) is 25.9. The molecule has 0 radical (unpaired) electrons. The summed E-state index contributed by atoms with van der Waals surface area (Å²) in [5, 5.41) is 3.51. The number of aryl methyl sites for hydroxylation is 1. The van der Waals surface area contributed by atoms with Gasteiger partial charge in [-0.25, -0.2) is 19.9 Å². The number of hydrogen-bond acceptors (Lipinski definition) is 8. The Balaban J connectivity index is 1.23. The smallest absolute Gasteiger partial charge is 0.246 e. The summed E-state index contributed by atoms with van der Waals surface area (Å²) in [7, 11) is 0. The molecule has 4 atom stereocenters. The minimum absolute atomic E-state index is 0.0216. The average Bonchev–Trinajstić information content (AvgIpc) is 3.58. The molecule has 0 saturated carbocycles. The SMILES string of the molecule is C=CC(=O)N1C[C@@H]2C[C@H]1CN2c1nccn2c(N3C[C@H](C)C[C@@H](Nc4ncc(C)cn4)C3)ncc12. The lowest BCUT2D eigenvalue weighted by atomic mass is 9.96. The quantitative estimate of drug-likeness (QED) is 0.563. The van der Waals surface area contributed by atoms with Gasteiger partial charge >= 0.3 is 0 Å². The number of anilines is 3. The highest BCUT2D eigenvalue weighted by Gasteiger charge is 2.45. The first-order valence-corrected chi connectivity index (χ1v) is 12.3. The van der Waals surface area contributed by atoms with Crippen molar-refractivity contribution in [1.82, 2.24) is 29.2 Å². The fraction of sp³-hybridized carbons (Fsp3) is 0.480. The minimum atomic E-state index is 0.0216. The second kappa shape index (κ2) is 8.51. The van der Waals surface area contributed by atoms with Gasteiger partial charge in [0.1, 0.15) is 5.52 Å². The number of rotatable bonds is 5. The summed E-state index contributed by atoms with van der Waals surface area (Å²) in [5.41, 5.74) is 2.05. The molecule has 35 heavy (non-hydrogen) atoms. The van der Waals surface area contributed by atoms with Gasteiger partial charge in [-0.05, 0) is 37.3 Å². The number of piperazine rings is 1. The van der Waals surface area contributed by atoms with Crippen LogP contribution in [0.4, 0.5) is 17.7 Å². The highest BCUT2D eigenvalue weighted by Crippen LogP contribution is 2.36. The van der Waals surface area contributed by atoms with Crippen LogP contribution in [0.2, 0.25) is 0 Å². The molecule has 0 unspecified atom stereocenters. The molecule has 3 aliphatic heterocycles. The molecule has 0 aliphatic carbocycles. The topological polar surface area (TPSA) is 94.8 Å². The van der Waals surface area contributed by atoms with Crippen LogP contribution in [-0.4, -0.2) is 79.4 Å². The van der Waals surface area contributed by atoms with Gasteiger partial charge in [-0.2, -0.15) is 0 Å². The van der Waals surface area contributed by atoms with Gasteiger partial charge in [-0.15, -0.1) is 0 Å². The van der Waals surface area contributed by atoms with E-state index in [2.05, 4.69) is 43.0 Å². The number of likely N-dealkylation sites (tertiary alicyclic amines) is 1. The third kappa shape index (κ3) is 3.86. The number of aromatic nitrogens is 5. The van der Waals surface area contributed by atoms with Gasteiger partial charge in [0.15, 0.2) is 5.82 Å². The summed E-state index contributed by atoms with van der Waals surface area (Å²) in [6, 6.07) is 0.727. The van der Waals surface area contributed by atoms with Crippen molar-refractivity contribution in [2.75, 3.05) is 41.3 Å². The minimum Gasteiger partial charge on any atom is -0.350 e. The molecule has 1 N–H and O–H groups in total. The number of carbonyl (C=O) groups is 1. The molecule has 3 saturated heterocycles. The van der Waals surface area contributed by atoms with Crippen LogP contribution in [0.3, 0.4) is 0 Å². The van der Waals surface area contributed by atoms with Gasteiger partial charge in [0.2, 0.25) is 17.8 Å². The maximum Gasteiger partial charge on any atom is 0.246 e. The summed E-state index contributed by atoms with van der Waals surface area (Å²) in [6.07, 6.45) is 12.9. The van der Waals surface area contributed by atoms with E-state index >= 15 is 0 Å². The predicted molar refractivity (Wildman–Crippen MR) is 135 cm³/mol. The van der Waals surface area contributed by atoms with E-state index in [9.17, 15) is 4.79 Å². The summed E-state index contributed by atoms with van der Waals surface area (Å²) in [5.74, 6) is 3.07. The van der Waals surface area contributed by atoms with E-state index in [1.165, 1.54) is 6.08 Å². The Morgan fingerprint density at radius 2 is 1.89 bits per heavy atom. The van der Waals surface area contributed by atoms with Crippen LogP contribution in [-0.2, 0) is 4.79 Å². The summed E-state index contributed by atoms with van der Waals surface area (Å²) < 4.78 is 2.15. The second-order valence-electron chi connectivity index (χ2n) is 10.1. The van der Waals surface area contributed by atoms with Crippen molar-refractivity contribution in [2.45, 2.75) is 44.8 Å². The number of fused-ring (bicyclic) bond motifs is 3. The number of piperidine rings is 1. The zero-order chi connectivity index (χ0) is 24.1. The first-order valence-electron chi connectivity index (χ1n) is 12.3. The van der Waals surface area contributed by atoms with Crippen molar-refractivity contribution < 1.29 is 4.79 Å². The van der Waals surface area contributed by atoms with Crippen molar-refractivity contribution in [3.05, 3.63) is 49.2 Å². The van der Waals surface area contributed by atoms with Crippen LogP contribution >= 0.6 is 0 Å². The van der Waals surface area contributed by atoms with Crippen LogP contribution in [0.15, 0.2) is 43.6 Å². The summed E-state index contributed by atoms with van der Waals surface area (Å²) >= 11 is 0. The maximum atomic E-state index is 12.2. The van der Waals surface area contributed by atoms with Crippen LogP contribution < -0.4 is 15.1 Å². The van der Waals surface area contributed by atoms with E-state index < -0.39 is 0 Å². The van der Waals surface area contributed by atoms with Crippen molar-refractivity contribution >= 4 is 29.1 Å². The summed E-state index contributed by atoms with van der Waals surface area (Å²) in [6.45, 7) is 11.2. The largest absolute Gasteiger partial charge is 0.350 e. The first-order chi connectivity index (χ1) is 17.0. The van der Waals surface area contributed by atoms with Gasteiger partial charge in [-0.1, -0.05) is 13.5 Å². The second-order valence-corrected chi connectivity index (χ2v) is 10.1. The van der Waals surface area contributed by atoms with E-state index in [0.717, 1.165) is 61.9 Å². The van der Waals surface area contributed by atoms with Gasteiger partial charge in [0.25, 0.3) is 0 Å². The molecule has 10 nitrogen and oxygen atoms in total. The van der Waals surface area contributed by atoms with Crippen molar-refractivity contribution in [3.63, 3.8) is 0 Å². The highest BCUT2D eigenvalue weighted by atomic mass is 16.2. The summed E-state index contributed by atoms with van der Waals surface area (Å²) in [4.78, 5) is 37.2. The molecule has 6 heterocycles. The molecule has 3 aromatic heterocycles. The molecule has 1 amide bonds. The van der Waals surface area contributed by atoms with E-state index in [4.69, 9.17) is 9.97 Å². The lowest BCUT2D eigenvalue weighted by molar-refractivity contribution is -0.127. The number of amides is 1. The number of nitrogens with zero attached hydrogens (tertiary/aromatic N) is 8. The molecule has 3 aliphatic rings. The van der Waals surface area contributed by atoms with Crippen LogP contribution in [0.1, 0.15) is 25.3 Å². The highest BCUT2D eigenvalue weighted by molar-refractivity contribution is 5.88. The van der Waals surface area contributed by atoms with Crippen molar-refractivity contribution in [3.8, 4) is 0 Å². The molecular formula is C25H31N9O. The molecule has 2 bridgehead atoms. The lowest BCUT2D eigenvalue weighted by Crippen LogP contribution is -2.48. The Hall–Kier alpha value is -3.69. The van der Waals surface area contributed by atoms with E-state index in [1.54, 1.807) is 0 Å². The van der Waals surface area contributed by atoms with Gasteiger partial charge in [-0.3, -0.25) is 9.20 Å². The maximum absolute atomic E-state index is 12.2. The van der Waals surface area contributed by atoms with Crippen molar-refractivity contribution in [1.29, 1.82) is 0 Å². The van der Waals surface area contributed by atoms with Crippen LogP contribution in [0.25, 0.3) is 5.52 Å². The van der Waals surface area contributed by atoms with E-state index in [1.807, 2.05) is 42.8 Å². The Morgan fingerprint density at radius 1 is 1.06 bits per heavy atom. The average molecular weight is 474 g/mol. The standard InChI is InChI=1S/C25H31N9O/c1-4-22(35)33-14-20-8-19(33)15-34(20)23-21-11-29-25(32(21)6-5-26-23)31-12-16(2)7-18(13-31)30-24-27-9-17(3)10-28-24/h4-6,9-11,16,18-20H,1,7-8,12-15H2,2-3H3,(H,27,28,30)/t16-,18-,19+,20+/m1/s1. The fourth-order valence-electron chi connectivity index (χ4n) is 5.94. The fourth-order valence-corrected chi connectivity index (χ4v) is 5.94. The van der Waals surface area contributed by atoms with Gasteiger partial charge < -0.3 is 20.0 Å². The molecule has 3 fully saturated rings. The van der Waals surface area contributed by atoms with Crippen LogP contribution in [0.5, 0.6) is 0 Å². The Kier molecular flexibility index (Phi) is 5.31. The van der Waals surface area contributed by atoms with E-state index in [0.29, 0.717) is 11.9 Å². The number of carbonyl (C=O) groups excluding carboxylic acids is 1. The molecule has 0 aromatic carbocycles. The van der Waals surface area contributed by atoms with E-state index in [-0.39, 0.29) is 24.0 Å². The first kappa shape index (κ1) is 21.8. The number of imidazole rings is 1. The molecular weight excluding hydrogens is 442 g/mol.